The van der Waals surface area contributed by atoms with E-state index in [1.165, 1.54) is 0 Å². The van der Waals surface area contributed by atoms with Crippen molar-refractivity contribution in [2.75, 3.05) is 11.9 Å². The van der Waals surface area contributed by atoms with E-state index in [0.29, 0.717) is 23.8 Å². The molecule has 0 aliphatic carbocycles. The van der Waals surface area contributed by atoms with Gasteiger partial charge in [0.1, 0.15) is 5.54 Å². The van der Waals surface area contributed by atoms with Crippen LogP contribution in [0, 0.1) is 0 Å². The number of carbonyl (C=O) groups is 1. The smallest absolute Gasteiger partial charge is 0.250 e. The third-order valence-electron chi connectivity index (χ3n) is 4.69. The van der Waals surface area contributed by atoms with E-state index in [0.717, 1.165) is 16.7 Å². The molecule has 1 atom stereocenters. The SMILES string of the molecule is O=C(Nc1ccc(Cl)cc1)C1(NCc2ccncc2)C=C(c2ccsc2)C=NC1. The first-order chi connectivity index (χ1) is 14.1. The van der Waals surface area contributed by atoms with Crippen molar-refractivity contribution in [2.24, 2.45) is 4.99 Å². The lowest BCUT2D eigenvalue weighted by atomic mass is 9.90. The second kappa shape index (κ2) is 8.69. The minimum absolute atomic E-state index is 0.168. The quantitative estimate of drug-likeness (QED) is 0.617. The van der Waals surface area contributed by atoms with E-state index in [4.69, 9.17) is 11.6 Å². The Morgan fingerprint density at radius 3 is 2.66 bits per heavy atom. The number of halogens is 1. The second-order valence-corrected chi connectivity index (χ2v) is 7.94. The summed E-state index contributed by atoms with van der Waals surface area (Å²) in [6, 6.07) is 12.9. The fraction of sp³-hybridized carbons (Fsp3) is 0.136. The summed E-state index contributed by atoms with van der Waals surface area (Å²) in [5.41, 5.74) is 2.72. The maximum atomic E-state index is 13.4. The van der Waals surface area contributed by atoms with Crippen molar-refractivity contribution in [2.45, 2.75) is 12.1 Å². The Kier molecular flexibility index (Phi) is 5.85. The number of amides is 1. The van der Waals surface area contributed by atoms with Gasteiger partial charge < -0.3 is 5.32 Å². The maximum Gasteiger partial charge on any atom is 0.250 e. The molecule has 0 spiro atoms. The second-order valence-electron chi connectivity index (χ2n) is 6.72. The Labute approximate surface area is 178 Å². The molecule has 3 aromatic rings. The summed E-state index contributed by atoms with van der Waals surface area (Å²) in [5, 5.41) is 11.1. The molecule has 146 valence electrons. The van der Waals surface area contributed by atoms with Crippen LogP contribution in [0.4, 0.5) is 5.69 Å². The molecule has 0 saturated carbocycles. The predicted octanol–water partition coefficient (Wildman–Crippen LogP) is 4.43. The average Bonchev–Trinajstić information content (AvgIpc) is 3.30. The number of hydrogen-bond acceptors (Lipinski definition) is 5. The van der Waals surface area contributed by atoms with Gasteiger partial charge in [-0.05, 0) is 76.0 Å². The van der Waals surface area contributed by atoms with Crippen LogP contribution < -0.4 is 10.6 Å². The van der Waals surface area contributed by atoms with Gasteiger partial charge in [-0.25, -0.2) is 0 Å². The molecule has 1 amide bonds. The number of rotatable bonds is 6. The van der Waals surface area contributed by atoms with Gasteiger partial charge >= 0.3 is 0 Å². The molecule has 1 aliphatic heterocycles. The number of allylic oxidation sites excluding steroid dienone is 1. The van der Waals surface area contributed by atoms with Crippen LogP contribution in [0.15, 0.2) is 76.7 Å². The van der Waals surface area contributed by atoms with Crippen LogP contribution in [0.25, 0.3) is 5.57 Å². The lowest BCUT2D eigenvalue weighted by molar-refractivity contribution is -0.120. The fourth-order valence-electron chi connectivity index (χ4n) is 3.08. The van der Waals surface area contributed by atoms with Gasteiger partial charge in [0.15, 0.2) is 0 Å². The Balaban J connectivity index is 1.63. The molecule has 1 unspecified atom stereocenters. The molecular weight excluding hydrogens is 404 g/mol. The zero-order valence-corrected chi connectivity index (χ0v) is 17.1. The number of aromatic nitrogens is 1. The summed E-state index contributed by atoms with van der Waals surface area (Å²) in [5.74, 6) is -0.168. The minimum Gasteiger partial charge on any atom is -0.324 e. The molecule has 0 bridgehead atoms. The van der Waals surface area contributed by atoms with Gasteiger partial charge in [0.05, 0.1) is 6.54 Å². The van der Waals surface area contributed by atoms with Gasteiger partial charge in [-0.3, -0.25) is 20.1 Å². The van der Waals surface area contributed by atoms with Crippen molar-refractivity contribution >= 4 is 46.3 Å². The minimum atomic E-state index is -0.977. The van der Waals surface area contributed by atoms with Crippen LogP contribution in [0.5, 0.6) is 0 Å². The molecular formula is C22H19ClN4OS. The summed E-state index contributed by atoms with van der Waals surface area (Å²) < 4.78 is 0. The number of nitrogens with one attached hydrogen (secondary N) is 2. The van der Waals surface area contributed by atoms with E-state index in [2.05, 4.69) is 20.6 Å². The van der Waals surface area contributed by atoms with E-state index in [1.54, 1.807) is 48.0 Å². The van der Waals surface area contributed by atoms with Crippen LogP contribution >= 0.6 is 22.9 Å². The van der Waals surface area contributed by atoms with Crippen molar-refractivity contribution < 1.29 is 4.79 Å². The first-order valence-electron chi connectivity index (χ1n) is 9.11. The zero-order valence-electron chi connectivity index (χ0n) is 15.5. The third-order valence-corrected chi connectivity index (χ3v) is 5.63. The van der Waals surface area contributed by atoms with E-state index >= 15 is 0 Å². The van der Waals surface area contributed by atoms with E-state index < -0.39 is 5.54 Å². The predicted molar refractivity (Wildman–Crippen MR) is 120 cm³/mol. The summed E-state index contributed by atoms with van der Waals surface area (Å²) in [6.45, 7) is 0.824. The number of anilines is 1. The zero-order chi connectivity index (χ0) is 20.1. The Hall–Kier alpha value is -2.80. The van der Waals surface area contributed by atoms with Crippen molar-refractivity contribution in [1.29, 1.82) is 0 Å². The number of nitrogens with zero attached hydrogens (tertiary/aromatic N) is 2. The molecule has 1 aromatic carbocycles. The standard InChI is InChI=1S/C22H19ClN4OS/c23-19-1-3-20(4-2-19)27-21(28)22(26-12-16-5-8-24-9-6-16)11-18(13-25-15-22)17-7-10-29-14-17/h1-11,13-14,26H,12,15H2,(H,27,28). The van der Waals surface area contributed by atoms with Crippen LogP contribution in [0.2, 0.25) is 5.02 Å². The molecule has 1 aliphatic rings. The van der Waals surface area contributed by atoms with Crippen LogP contribution in [-0.2, 0) is 11.3 Å². The highest BCUT2D eigenvalue weighted by molar-refractivity contribution is 7.08. The molecule has 4 rings (SSSR count). The lowest BCUT2D eigenvalue weighted by Crippen LogP contribution is -2.56. The molecule has 3 heterocycles. The number of thiophene rings is 1. The van der Waals surface area contributed by atoms with Gasteiger partial charge in [-0.15, -0.1) is 0 Å². The van der Waals surface area contributed by atoms with Gasteiger partial charge in [0.2, 0.25) is 0 Å². The van der Waals surface area contributed by atoms with Crippen molar-refractivity contribution in [1.82, 2.24) is 10.3 Å². The Morgan fingerprint density at radius 1 is 1.14 bits per heavy atom. The summed E-state index contributed by atoms with van der Waals surface area (Å²) in [6.07, 6.45) is 7.27. The normalized spacial score (nSPS) is 18.3. The highest BCUT2D eigenvalue weighted by atomic mass is 35.5. The fourth-order valence-corrected chi connectivity index (χ4v) is 3.87. The van der Waals surface area contributed by atoms with Crippen molar-refractivity contribution in [3.8, 4) is 0 Å². The molecule has 0 radical (unpaired) electrons. The van der Waals surface area contributed by atoms with E-state index in [9.17, 15) is 4.79 Å². The first kappa shape index (κ1) is 19.5. The molecule has 2 aromatic heterocycles. The summed E-state index contributed by atoms with van der Waals surface area (Å²) >= 11 is 7.57. The maximum absolute atomic E-state index is 13.4. The summed E-state index contributed by atoms with van der Waals surface area (Å²) in [7, 11) is 0. The Morgan fingerprint density at radius 2 is 1.93 bits per heavy atom. The molecule has 0 fully saturated rings. The molecule has 0 saturated heterocycles. The van der Waals surface area contributed by atoms with E-state index in [-0.39, 0.29) is 5.91 Å². The largest absolute Gasteiger partial charge is 0.324 e. The van der Waals surface area contributed by atoms with Gasteiger partial charge in [-0.1, -0.05) is 11.6 Å². The highest BCUT2D eigenvalue weighted by Crippen LogP contribution is 2.26. The van der Waals surface area contributed by atoms with Gasteiger partial charge in [-0.2, -0.15) is 11.3 Å². The third kappa shape index (κ3) is 4.62. The highest BCUT2D eigenvalue weighted by Gasteiger charge is 2.38. The van der Waals surface area contributed by atoms with Crippen LogP contribution in [0.3, 0.4) is 0 Å². The number of dihydropyridines is 1. The molecule has 2 N–H and O–H groups in total. The van der Waals surface area contributed by atoms with Crippen molar-refractivity contribution in [3.05, 3.63) is 87.8 Å². The molecule has 7 heteroatoms. The van der Waals surface area contributed by atoms with Gasteiger partial charge in [0, 0.05) is 35.9 Å². The average molecular weight is 423 g/mol. The monoisotopic (exact) mass is 422 g/mol. The lowest BCUT2D eigenvalue weighted by Gasteiger charge is -2.32. The number of benzene rings is 1. The van der Waals surface area contributed by atoms with Crippen molar-refractivity contribution in [3.63, 3.8) is 0 Å². The van der Waals surface area contributed by atoms with Crippen LogP contribution in [0.1, 0.15) is 11.1 Å². The summed E-state index contributed by atoms with van der Waals surface area (Å²) in [4.78, 5) is 21.9. The number of hydrogen-bond donors (Lipinski definition) is 2. The van der Waals surface area contributed by atoms with E-state index in [1.807, 2.05) is 41.2 Å². The number of pyridine rings is 1. The number of aliphatic imine (C=N–C) groups is 1. The molecule has 5 nitrogen and oxygen atoms in total. The molecule has 29 heavy (non-hydrogen) atoms. The number of carbonyl (C=O) groups excluding carboxylic acids is 1. The topological polar surface area (TPSA) is 66.4 Å². The van der Waals surface area contributed by atoms with Gasteiger partial charge in [0.25, 0.3) is 5.91 Å². The van der Waals surface area contributed by atoms with Crippen LogP contribution in [-0.4, -0.2) is 29.2 Å². The first-order valence-corrected chi connectivity index (χ1v) is 10.4. The Bertz CT molecular complexity index is 1030.